The third-order valence-corrected chi connectivity index (χ3v) is 10.4. The molecule has 0 spiro atoms. The van der Waals surface area contributed by atoms with Gasteiger partial charge in [0.2, 0.25) is 10.0 Å². The summed E-state index contributed by atoms with van der Waals surface area (Å²) in [4.78, 5) is 11.2. The van der Waals surface area contributed by atoms with E-state index in [1.54, 1.807) is 6.20 Å². The summed E-state index contributed by atoms with van der Waals surface area (Å²) in [5, 5.41) is 23.5. The van der Waals surface area contributed by atoms with Crippen molar-refractivity contribution < 1.29 is 18.3 Å². The van der Waals surface area contributed by atoms with Crippen molar-refractivity contribution in [3.63, 3.8) is 0 Å². The normalized spacial score (nSPS) is 14.6. The van der Waals surface area contributed by atoms with Gasteiger partial charge in [0.1, 0.15) is 0 Å². The highest BCUT2D eigenvalue weighted by Crippen LogP contribution is 2.36. The fourth-order valence-electron chi connectivity index (χ4n) is 5.64. The molecule has 5 aromatic rings. The van der Waals surface area contributed by atoms with E-state index in [0.29, 0.717) is 36.0 Å². The van der Waals surface area contributed by atoms with Gasteiger partial charge < -0.3 is 10.4 Å². The Morgan fingerprint density at radius 1 is 0.841 bits per heavy atom. The van der Waals surface area contributed by atoms with Crippen LogP contribution in [0.3, 0.4) is 0 Å². The van der Waals surface area contributed by atoms with Gasteiger partial charge in [-0.1, -0.05) is 53.5 Å². The van der Waals surface area contributed by atoms with Crippen LogP contribution in [0.1, 0.15) is 45.8 Å². The molecule has 1 aromatic heterocycles. The summed E-state index contributed by atoms with van der Waals surface area (Å²) in [7, 11) is -3.74. The van der Waals surface area contributed by atoms with Crippen molar-refractivity contribution in [2.75, 3.05) is 18.4 Å². The van der Waals surface area contributed by atoms with Gasteiger partial charge in [0.15, 0.2) is 0 Å². The molecule has 2 heterocycles. The zero-order valence-corrected chi connectivity index (χ0v) is 25.7. The van der Waals surface area contributed by atoms with Crippen LogP contribution >= 0.6 is 23.2 Å². The van der Waals surface area contributed by atoms with Gasteiger partial charge in [0.05, 0.1) is 27.9 Å². The first-order valence-electron chi connectivity index (χ1n) is 14.1. The Kier molecular flexibility index (Phi) is 8.55. The maximum atomic E-state index is 13.2. The third-order valence-electron chi connectivity index (χ3n) is 7.96. The summed E-state index contributed by atoms with van der Waals surface area (Å²) in [6.07, 6.45) is 2.89. The number of aromatic carboxylic acids is 1. The predicted molar refractivity (Wildman–Crippen MR) is 172 cm³/mol. The summed E-state index contributed by atoms with van der Waals surface area (Å²) in [6.45, 7) is 0.662. The summed E-state index contributed by atoms with van der Waals surface area (Å²) >= 11 is 12.4. The SMILES string of the molecule is O=C(O)c1ccc(S(=O)(=O)N2CCC(Nc3cnnc4ccc(C(c5ccc(Cl)cc5)c5ccc(Cl)cc5)cc34)CC2)cc1. The Labute approximate surface area is 265 Å². The van der Waals surface area contributed by atoms with Gasteiger partial charge in [-0.2, -0.15) is 14.5 Å². The molecule has 4 aromatic carbocycles. The Morgan fingerprint density at radius 3 is 1.98 bits per heavy atom. The summed E-state index contributed by atoms with van der Waals surface area (Å²) < 4.78 is 27.9. The highest BCUT2D eigenvalue weighted by Gasteiger charge is 2.30. The molecule has 224 valence electrons. The van der Waals surface area contributed by atoms with Crippen LogP contribution in [0.4, 0.5) is 5.69 Å². The van der Waals surface area contributed by atoms with E-state index in [2.05, 4.69) is 27.6 Å². The van der Waals surface area contributed by atoms with Gasteiger partial charge in [-0.15, -0.1) is 0 Å². The smallest absolute Gasteiger partial charge is 0.335 e. The van der Waals surface area contributed by atoms with E-state index < -0.39 is 16.0 Å². The molecule has 11 heteroatoms. The maximum Gasteiger partial charge on any atom is 0.335 e. The van der Waals surface area contributed by atoms with Crippen LogP contribution in [0.2, 0.25) is 10.0 Å². The summed E-state index contributed by atoms with van der Waals surface area (Å²) in [5.41, 5.74) is 4.84. The van der Waals surface area contributed by atoms with Crippen molar-refractivity contribution in [3.05, 3.63) is 129 Å². The molecule has 0 unspecified atom stereocenters. The molecule has 0 bridgehead atoms. The first-order chi connectivity index (χ1) is 21.2. The molecule has 44 heavy (non-hydrogen) atoms. The highest BCUT2D eigenvalue weighted by molar-refractivity contribution is 7.89. The Balaban J connectivity index is 1.24. The van der Waals surface area contributed by atoms with Gasteiger partial charge in [-0.05, 0) is 90.2 Å². The van der Waals surface area contributed by atoms with E-state index >= 15 is 0 Å². The third kappa shape index (κ3) is 6.27. The van der Waals surface area contributed by atoms with Crippen molar-refractivity contribution in [1.82, 2.24) is 14.5 Å². The lowest BCUT2D eigenvalue weighted by Gasteiger charge is -2.32. The number of piperidine rings is 1. The second kappa shape index (κ2) is 12.5. The first-order valence-corrected chi connectivity index (χ1v) is 16.2. The van der Waals surface area contributed by atoms with Crippen LogP contribution in [-0.2, 0) is 10.0 Å². The molecule has 0 atom stereocenters. The van der Waals surface area contributed by atoms with Crippen LogP contribution in [-0.4, -0.2) is 53.1 Å². The Morgan fingerprint density at radius 2 is 1.41 bits per heavy atom. The lowest BCUT2D eigenvalue weighted by Crippen LogP contribution is -2.42. The average Bonchev–Trinajstić information content (AvgIpc) is 3.03. The monoisotopic (exact) mass is 646 g/mol. The largest absolute Gasteiger partial charge is 0.478 e. The number of rotatable bonds is 8. The van der Waals surface area contributed by atoms with Crippen molar-refractivity contribution >= 4 is 55.8 Å². The number of aromatic nitrogens is 2. The number of carboxylic acids is 1. The molecule has 0 radical (unpaired) electrons. The van der Waals surface area contributed by atoms with E-state index in [0.717, 1.165) is 33.3 Å². The maximum absolute atomic E-state index is 13.2. The number of sulfonamides is 1. The van der Waals surface area contributed by atoms with Gasteiger partial charge in [-0.25, -0.2) is 13.2 Å². The molecule has 0 amide bonds. The quantitative estimate of drug-likeness (QED) is 0.173. The average molecular weight is 648 g/mol. The van der Waals surface area contributed by atoms with Crippen LogP contribution in [0.25, 0.3) is 10.9 Å². The second-order valence-electron chi connectivity index (χ2n) is 10.7. The van der Waals surface area contributed by atoms with Crippen molar-refractivity contribution in [2.24, 2.45) is 0 Å². The van der Waals surface area contributed by atoms with Crippen LogP contribution in [0.15, 0.2) is 102 Å². The van der Waals surface area contributed by atoms with E-state index in [1.807, 2.05) is 54.6 Å². The van der Waals surface area contributed by atoms with Gasteiger partial charge >= 0.3 is 5.97 Å². The topological polar surface area (TPSA) is 112 Å². The zero-order valence-electron chi connectivity index (χ0n) is 23.4. The van der Waals surface area contributed by atoms with Crippen molar-refractivity contribution in [3.8, 4) is 0 Å². The molecular weight excluding hydrogens is 619 g/mol. The van der Waals surface area contributed by atoms with E-state index in [9.17, 15) is 13.2 Å². The number of anilines is 1. The number of carbonyl (C=O) groups is 1. The molecular formula is C33H28Cl2N4O4S. The minimum atomic E-state index is -3.74. The lowest BCUT2D eigenvalue weighted by molar-refractivity contribution is 0.0696. The molecule has 2 N–H and O–H groups in total. The number of benzene rings is 4. The number of hydrogen-bond acceptors (Lipinski definition) is 6. The standard InChI is InChI=1S/C33H28Cl2N4O4S/c34-25-8-1-21(2-9-25)32(22-3-10-26(35)11-4-22)24-7-14-30-29(19-24)31(20-36-38-30)37-27-15-17-39(18-16-27)44(42,43)28-12-5-23(6-13-28)33(40)41/h1-14,19-20,27,32H,15-18H2,(H,37,38)(H,40,41). The number of nitrogens with zero attached hydrogens (tertiary/aromatic N) is 3. The van der Waals surface area contributed by atoms with Crippen LogP contribution in [0, 0.1) is 0 Å². The molecule has 0 aliphatic carbocycles. The minimum Gasteiger partial charge on any atom is -0.478 e. The van der Waals surface area contributed by atoms with E-state index in [4.69, 9.17) is 28.3 Å². The molecule has 8 nitrogen and oxygen atoms in total. The zero-order chi connectivity index (χ0) is 30.8. The van der Waals surface area contributed by atoms with Gasteiger partial charge in [0.25, 0.3) is 0 Å². The van der Waals surface area contributed by atoms with Gasteiger partial charge in [-0.3, -0.25) is 0 Å². The minimum absolute atomic E-state index is 0.0234. The highest BCUT2D eigenvalue weighted by atomic mass is 35.5. The van der Waals surface area contributed by atoms with Crippen LogP contribution < -0.4 is 5.32 Å². The summed E-state index contributed by atoms with van der Waals surface area (Å²) in [6, 6.07) is 27.1. The van der Waals surface area contributed by atoms with E-state index in [1.165, 1.54) is 28.6 Å². The molecule has 0 saturated carbocycles. The first kappa shape index (κ1) is 30.0. The number of nitrogens with one attached hydrogen (secondary N) is 1. The van der Waals surface area contributed by atoms with E-state index in [-0.39, 0.29) is 22.4 Å². The molecule has 1 fully saturated rings. The fraction of sp³-hybridized carbons (Fsp3) is 0.182. The molecule has 1 saturated heterocycles. The molecule has 1 aliphatic heterocycles. The number of carboxylic acid groups (broad SMARTS) is 1. The van der Waals surface area contributed by atoms with Crippen molar-refractivity contribution in [2.45, 2.75) is 29.7 Å². The summed E-state index contributed by atoms with van der Waals surface area (Å²) in [5.74, 6) is -1.18. The number of hydrogen-bond donors (Lipinski definition) is 2. The lowest BCUT2D eigenvalue weighted by atomic mass is 9.84. The number of halogens is 2. The number of fused-ring (bicyclic) bond motifs is 1. The fourth-order valence-corrected chi connectivity index (χ4v) is 7.36. The Bertz CT molecular complexity index is 1870. The molecule has 1 aliphatic rings. The molecule has 6 rings (SSSR count). The predicted octanol–water partition coefficient (Wildman–Crippen LogP) is 7.08. The van der Waals surface area contributed by atoms with Gasteiger partial charge in [0, 0.05) is 40.5 Å². The second-order valence-corrected chi connectivity index (χ2v) is 13.5. The van der Waals surface area contributed by atoms with Crippen LogP contribution in [0.5, 0.6) is 0 Å². The Hall–Kier alpha value is -4.02. The van der Waals surface area contributed by atoms with Crippen molar-refractivity contribution in [1.29, 1.82) is 0 Å².